The molecule has 0 N–H and O–H groups in total. The number of hydrogen-bond acceptors (Lipinski definition) is 2. The molecule has 2 nitrogen and oxygen atoms in total. The van der Waals surface area contributed by atoms with Gasteiger partial charge in [-0.1, -0.05) is 6.07 Å². The monoisotopic (exact) mass is 215 g/mol. The molecule has 4 atom stereocenters. The first-order valence-corrected chi connectivity index (χ1v) is 6.23. The topological polar surface area (TPSA) is 30.0 Å². The average molecular weight is 215 g/mol. The molecule has 0 unspecified atom stereocenters. The second-order valence-electron chi connectivity index (χ2n) is 5.21. The molecule has 0 saturated heterocycles. The van der Waals surface area contributed by atoms with E-state index in [0.717, 1.165) is 24.5 Å². The fourth-order valence-corrected chi connectivity index (χ4v) is 3.95. The molecule has 0 aromatic carbocycles. The molecular weight excluding hydrogens is 198 g/mol. The number of pyridine rings is 1. The average Bonchev–Trinajstić information content (AvgIpc) is 2.91. The van der Waals surface area contributed by atoms with Gasteiger partial charge < -0.3 is 4.79 Å². The zero-order valence-electron chi connectivity index (χ0n) is 9.38. The molecule has 0 amide bonds. The van der Waals surface area contributed by atoms with Crippen molar-refractivity contribution in [1.29, 1.82) is 0 Å². The van der Waals surface area contributed by atoms with Gasteiger partial charge in [-0.25, -0.2) is 0 Å². The summed E-state index contributed by atoms with van der Waals surface area (Å²) in [5.74, 6) is 2.78. The number of carbonyl (C=O) groups excluding carboxylic acids is 1. The Morgan fingerprint density at radius 1 is 1.38 bits per heavy atom. The number of carbonyl (C=O) groups is 1. The summed E-state index contributed by atoms with van der Waals surface area (Å²) < 4.78 is 0. The molecule has 0 spiro atoms. The molecule has 2 saturated carbocycles. The Morgan fingerprint density at radius 2 is 2.25 bits per heavy atom. The molecular formula is C14H17NO. The predicted molar refractivity (Wildman–Crippen MR) is 62.0 cm³/mol. The molecule has 0 radical (unpaired) electrons. The van der Waals surface area contributed by atoms with Gasteiger partial charge in [0, 0.05) is 18.8 Å². The number of fused-ring (bicyclic) bond motifs is 2. The van der Waals surface area contributed by atoms with Crippen LogP contribution in [0, 0.1) is 17.8 Å². The molecule has 1 aromatic rings. The van der Waals surface area contributed by atoms with E-state index in [0.29, 0.717) is 11.8 Å². The van der Waals surface area contributed by atoms with Gasteiger partial charge in [0.1, 0.15) is 6.29 Å². The van der Waals surface area contributed by atoms with E-state index >= 15 is 0 Å². The highest BCUT2D eigenvalue weighted by Crippen LogP contribution is 2.57. The Bertz CT molecular complexity index is 376. The van der Waals surface area contributed by atoms with Gasteiger partial charge in [-0.3, -0.25) is 4.98 Å². The van der Waals surface area contributed by atoms with Crippen LogP contribution in [0.1, 0.15) is 37.2 Å². The first-order chi connectivity index (χ1) is 7.90. The van der Waals surface area contributed by atoms with Gasteiger partial charge in [0.05, 0.1) is 0 Å². The SMILES string of the molecule is O=CC[C@H]1[C@@H]2CC[C@@H](C2)[C@@H]1c1cccnc1. The van der Waals surface area contributed by atoms with Crippen molar-refractivity contribution in [3.8, 4) is 0 Å². The lowest BCUT2D eigenvalue weighted by Crippen LogP contribution is -2.21. The Labute approximate surface area is 96.1 Å². The minimum Gasteiger partial charge on any atom is -0.303 e. The maximum absolute atomic E-state index is 10.8. The summed E-state index contributed by atoms with van der Waals surface area (Å²) in [4.78, 5) is 15.0. The molecule has 2 aliphatic rings. The smallest absolute Gasteiger partial charge is 0.120 e. The van der Waals surface area contributed by atoms with E-state index in [1.165, 1.54) is 24.8 Å². The van der Waals surface area contributed by atoms with Crippen LogP contribution in [0.2, 0.25) is 0 Å². The third-order valence-corrected chi connectivity index (χ3v) is 4.53. The molecule has 2 aliphatic carbocycles. The number of aldehydes is 1. The highest BCUT2D eigenvalue weighted by Gasteiger charge is 2.47. The fraction of sp³-hybridized carbons (Fsp3) is 0.571. The molecule has 16 heavy (non-hydrogen) atoms. The van der Waals surface area contributed by atoms with E-state index in [-0.39, 0.29) is 0 Å². The molecule has 0 aliphatic heterocycles. The standard InChI is InChI=1S/C14H17NO/c16-7-5-13-10-3-4-11(8-10)14(13)12-2-1-6-15-9-12/h1-2,6-7,9-11,13-14H,3-5,8H2/t10-,11+,13+,14-/m1/s1. The summed E-state index contributed by atoms with van der Waals surface area (Å²) in [7, 11) is 0. The van der Waals surface area contributed by atoms with Gasteiger partial charge in [-0.05, 0) is 54.6 Å². The maximum Gasteiger partial charge on any atom is 0.120 e. The molecule has 84 valence electrons. The lowest BCUT2D eigenvalue weighted by atomic mass is 9.75. The molecule has 2 heteroatoms. The first-order valence-electron chi connectivity index (χ1n) is 6.23. The summed E-state index contributed by atoms with van der Waals surface area (Å²) in [5, 5.41) is 0. The van der Waals surface area contributed by atoms with Crippen molar-refractivity contribution in [3.63, 3.8) is 0 Å². The normalized spacial score (nSPS) is 36.5. The van der Waals surface area contributed by atoms with Crippen molar-refractivity contribution >= 4 is 6.29 Å². The maximum atomic E-state index is 10.8. The van der Waals surface area contributed by atoms with Crippen molar-refractivity contribution in [2.75, 3.05) is 0 Å². The molecule has 1 heterocycles. The van der Waals surface area contributed by atoms with Gasteiger partial charge in [0.2, 0.25) is 0 Å². The van der Waals surface area contributed by atoms with Crippen LogP contribution in [-0.2, 0) is 4.79 Å². The Kier molecular flexibility index (Phi) is 2.50. The Morgan fingerprint density at radius 3 is 3.00 bits per heavy atom. The zero-order valence-corrected chi connectivity index (χ0v) is 9.38. The largest absolute Gasteiger partial charge is 0.303 e. The van der Waals surface area contributed by atoms with Crippen LogP contribution in [-0.4, -0.2) is 11.3 Å². The summed E-state index contributed by atoms with van der Waals surface area (Å²) in [5.41, 5.74) is 1.35. The molecule has 2 bridgehead atoms. The van der Waals surface area contributed by atoms with Crippen LogP contribution in [0.25, 0.3) is 0 Å². The van der Waals surface area contributed by atoms with E-state index in [9.17, 15) is 4.79 Å². The van der Waals surface area contributed by atoms with E-state index in [1.807, 2.05) is 18.5 Å². The van der Waals surface area contributed by atoms with Crippen LogP contribution >= 0.6 is 0 Å². The third kappa shape index (κ3) is 1.48. The Hall–Kier alpha value is -1.18. The summed E-state index contributed by atoms with van der Waals surface area (Å²) in [6, 6.07) is 4.19. The van der Waals surface area contributed by atoms with Crippen molar-refractivity contribution < 1.29 is 4.79 Å². The van der Waals surface area contributed by atoms with Gasteiger partial charge in [-0.15, -0.1) is 0 Å². The van der Waals surface area contributed by atoms with Crippen molar-refractivity contribution in [3.05, 3.63) is 30.1 Å². The van der Waals surface area contributed by atoms with Crippen LogP contribution in [0.4, 0.5) is 0 Å². The molecule has 1 aromatic heterocycles. The van der Waals surface area contributed by atoms with E-state index in [4.69, 9.17) is 0 Å². The molecule has 2 fully saturated rings. The van der Waals surface area contributed by atoms with Crippen LogP contribution < -0.4 is 0 Å². The summed E-state index contributed by atoms with van der Waals surface area (Å²) >= 11 is 0. The highest BCUT2D eigenvalue weighted by atomic mass is 16.1. The van der Waals surface area contributed by atoms with Crippen LogP contribution in [0.15, 0.2) is 24.5 Å². The van der Waals surface area contributed by atoms with Crippen molar-refractivity contribution in [2.24, 2.45) is 17.8 Å². The minimum atomic E-state index is 0.584. The van der Waals surface area contributed by atoms with E-state index in [2.05, 4.69) is 11.1 Å². The van der Waals surface area contributed by atoms with Crippen LogP contribution in [0.3, 0.4) is 0 Å². The van der Waals surface area contributed by atoms with Gasteiger partial charge in [0.15, 0.2) is 0 Å². The Balaban J connectivity index is 1.90. The lowest BCUT2D eigenvalue weighted by molar-refractivity contribution is -0.109. The predicted octanol–water partition coefficient (Wildman–Crippen LogP) is 2.80. The number of aromatic nitrogens is 1. The number of nitrogens with zero attached hydrogens (tertiary/aromatic N) is 1. The highest BCUT2D eigenvalue weighted by molar-refractivity contribution is 5.50. The van der Waals surface area contributed by atoms with Gasteiger partial charge in [-0.2, -0.15) is 0 Å². The third-order valence-electron chi connectivity index (χ3n) is 4.53. The minimum absolute atomic E-state index is 0.584. The van der Waals surface area contributed by atoms with Gasteiger partial charge in [0.25, 0.3) is 0 Å². The zero-order chi connectivity index (χ0) is 11.0. The summed E-state index contributed by atoms with van der Waals surface area (Å²) in [6.45, 7) is 0. The first kappa shape index (κ1) is 10.0. The summed E-state index contributed by atoms with van der Waals surface area (Å²) in [6.07, 6.45) is 9.67. The van der Waals surface area contributed by atoms with Crippen LogP contribution in [0.5, 0.6) is 0 Å². The lowest BCUT2D eigenvalue weighted by Gasteiger charge is -2.30. The second kappa shape index (κ2) is 4.00. The van der Waals surface area contributed by atoms with Crippen molar-refractivity contribution in [2.45, 2.75) is 31.6 Å². The number of rotatable bonds is 3. The van der Waals surface area contributed by atoms with Crippen molar-refractivity contribution in [1.82, 2.24) is 4.98 Å². The quantitative estimate of drug-likeness (QED) is 0.726. The molecule has 3 rings (SSSR count). The fourth-order valence-electron chi connectivity index (χ4n) is 3.95. The van der Waals surface area contributed by atoms with Gasteiger partial charge >= 0.3 is 0 Å². The number of hydrogen-bond donors (Lipinski definition) is 0. The van der Waals surface area contributed by atoms with E-state index in [1.54, 1.807) is 0 Å². The van der Waals surface area contributed by atoms with E-state index < -0.39 is 0 Å². The second-order valence-corrected chi connectivity index (χ2v) is 5.21.